The summed E-state index contributed by atoms with van der Waals surface area (Å²) >= 11 is 0. The highest BCUT2D eigenvalue weighted by atomic mass is 15.1. The van der Waals surface area contributed by atoms with E-state index in [9.17, 15) is 0 Å². The minimum atomic E-state index is 0.0614. The molecule has 0 amide bonds. The maximum atomic E-state index is 5.19. The van der Waals surface area contributed by atoms with Crippen molar-refractivity contribution in [3.8, 4) is 11.3 Å². The normalized spacial score (nSPS) is 12.2. The third-order valence-electron chi connectivity index (χ3n) is 5.95. The zero-order valence-corrected chi connectivity index (χ0v) is 18.2. The van der Waals surface area contributed by atoms with Crippen LogP contribution in [0, 0.1) is 0 Å². The average Bonchev–Trinajstić information content (AvgIpc) is 2.85. The van der Waals surface area contributed by atoms with Gasteiger partial charge in [-0.15, -0.1) is 0 Å². The largest absolute Gasteiger partial charge is 0.290 e. The van der Waals surface area contributed by atoms with Crippen LogP contribution in [0.15, 0.2) is 121 Å². The molecule has 1 heterocycles. The second-order valence-corrected chi connectivity index (χ2v) is 8.19. The number of fused-ring (bicyclic) bond motifs is 1. The molecular formula is C30H26N2. The first-order valence-corrected chi connectivity index (χ1v) is 11.0. The van der Waals surface area contributed by atoms with E-state index in [0.717, 1.165) is 17.9 Å². The number of benzene rings is 4. The van der Waals surface area contributed by atoms with Gasteiger partial charge in [0.05, 0.1) is 17.4 Å². The van der Waals surface area contributed by atoms with Crippen molar-refractivity contribution in [3.05, 3.63) is 138 Å². The molecule has 0 fully saturated rings. The van der Waals surface area contributed by atoms with E-state index in [2.05, 4.69) is 133 Å². The third kappa shape index (κ3) is 4.18. The van der Waals surface area contributed by atoms with Crippen LogP contribution in [-0.4, -0.2) is 16.9 Å². The minimum absolute atomic E-state index is 0.0614. The van der Waals surface area contributed by atoms with Crippen LogP contribution in [0.3, 0.4) is 0 Å². The number of hydrogen-bond acceptors (Lipinski definition) is 2. The number of aromatic nitrogens is 1. The fourth-order valence-electron chi connectivity index (χ4n) is 4.45. The maximum absolute atomic E-state index is 5.19. The summed E-state index contributed by atoms with van der Waals surface area (Å²) < 4.78 is 0. The number of rotatable bonds is 6. The van der Waals surface area contributed by atoms with Crippen molar-refractivity contribution >= 4 is 10.8 Å². The first kappa shape index (κ1) is 20.2. The summed E-state index contributed by atoms with van der Waals surface area (Å²) in [6, 6.07) is 42.7. The first-order chi connectivity index (χ1) is 15.8. The summed E-state index contributed by atoms with van der Waals surface area (Å²) in [6.45, 7) is 0.848. The lowest BCUT2D eigenvalue weighted by Crippen LogP contribution is -2.26. The van der Waals surface area contributed by atoms with Crippen molar-refractivity contribution in [2.45, 2.75) is 12.6 Å². The molecule has 156 valence electrons. The van der Waals surface area contributed by atoms with Crippen LogP contribution in [0.1, 0.15) is 22.9 Å². The molecular weight excluding hydrogens is 388 g/mol. The second kappa shape index (κ2) is 9.17. The number of nitrogens with zero attached hydrogens (tertiary/aromatic N) is 2. The first-order valence-electron chi connectivity index (χ1n) is 11.0. The Labute approximate surface area is 189 Å². The Kier molecular flexibility index (Phi) is 5.78. The van der Waals surface area contributed by atoms with Crippen molar-refractivity contribution < 1.29 is 0 Å². The lowest BCUT2D eigenvalue weighted by molar-refractivity contribution is 0.266. The van der Waals surface area contributed by atoms with E-state index in [1.807, 2.05) is 0 Å². The highest BCUT2D eigenvalue weighted by Gasteiger charge is 2.21. The van der Waals surface area contributed by atoms with Gasteiger partial charge in [-0.25, -0.2) is 0 Å². The molecule has 2 heteroatoms. The minimum Gasteiger partial charge on any atom is -0.290 e. The predicted octanol–water partition coefficient (Wildman–Crippen LogP) is 7.12. The monoisotopic (exact) mass is 414 g/mol. The fraction of sp³-hybridized carbons (Fsp3) is 0.100. The summed E-state index contributed by atoms with van der Waals surface area (Å²) in [6.07, 6.45) is 0. The molecule has 5 rings (SSSR count). The molecule has 1 aromatic heterocycles. The molecule has 0 aliphatic rings. The molecule has 0 aliphatic heterocycles. The Morgan fingerprint density at radius 2 is 1.31 bits per heavy atom. The molecule has 32 heavy (non-hydrogen) atoms. The van der Waals surface area contributed by atoms with E-state index in [4.69, 9.17) is 4.98 Å². The molecule has 0 N–H and O–H groups in total. The molecule has 0 spiro atoms. The maximum Gasteiger partial charge on any atom is 0.0777 e. The van der Waals surface area contributed by atoms with E-state index >= 15 is 0 Å². The second-order valence-electron chi connectivity index (χ2n) is 8.19. The molecule has 0 saturated heterocycles. The lowest BCUT2D eigenvalue weighted by Gasteiger charge is -2.28. The van der Waals surface area contributed by atoms with Gasteiger partial charge in [-0.05, 0) is 41.1 Å². The zero-order chi connectivity index (χ0) is 21.8. The quantitative estimate of drug-likeness (QED) is 0.294. The molecule has 0 saturated carbocycles. The molecule has 0 bridgehead atoms. The van der Waals surface area contributed by atoms with Crippen LogP contribution in [0.2, 0.25) is 0 Å². The van der Waals surface area contributed by atoms with Crippen LogP contribution in [0.25, 0.3) is 22.0 Å². The molecule has 0 radical (unpaired) electrons. The van der Waals surface area contributed by atoms with Gasteiger partial charge in [-0.1, -0.05) is 109 Å². The van der Waals surface area contributed by atoms with E-state index in [1.54, 1.807) is 0 Å². The Morgan fingerprint density at radius 3 is 2.12 bits per heavy atom. The Balaban J connectivity index is 1.58. The molecule has 1 unspecified atom stereocenters. The molecule has 5 aromatic rings. The van der Waals surface area contributed by atoms with E-state index in [1.165, 1.54) is 27.5 Å². The Hall–Kier alpha value is -3.75. The zero-order valence-electron chi connectivity index (χ0n) is 18.2. The van der Waals surface area contributed by atoms with Crippen LogP contribution < -0.4 is 0 Å². The number of hydrogen-bond donors (Lipinski definition) is 0. The topological polar surface area (TPSA) is 16.1 Å². The van der Waals surface area contributed by atoms with E-state index in [0.29, 0.717) is 0 Å². The smallest absolute Gasteiger partial charge is 0.0777 e. The van der Waals surface area contributed by atoms with Crippen molar-refractivity contribution in [2.75, 3.05) is 7.05 Å². The van der Waals surface area contributed by atoms with Crippen molar-refractivity contribution in [2.24, 2.45) is 0 Å². The summed E-state index contributed by atoms with van der Waals surface area (Å²) in [5.74, 6) is 0. The van der Waals surface area contributed by atoms with Gasteiger partial charge in [0.2, 0.25) is 0 Å². The van der Waals surface area contributed by atoms with Gasteiger partial charge in [-0.3, -0.25) is 9.88 Å². The standard InChI is InChI=1S/C30H26N2/c1-32(22-23-12-4-2-5-13-23)30(25-15-6-3-7-16-25)29-21-11-20-28(31-29)27-19-10-17-24-14-8-9-18-26(24)27/h2-21,30H,22H2,1H3. The summed E-state index contributed by atoms with van der Waals surface area (Å²) in [5.41, 5.74) is 5.77. The van der Waals surface area contributed by atoms with Crippen LogP contribution in [-0.2, 0) is 6.54 Å². The summed E-state index contributed by atoms with van der Waals surface area (Å²) in [5, 5.41) is 2.46. The van der Waals surface area contributed by atoms with Crippen molar-refractivity contribution in [3.63, 3.8) is 0 Å². The predicted molar refractivity (Wildman–Crippen MR) is 133 cm³/mol. The van der Waals surface area contributed by atoms with Crippen LogP contribution in [0.4, 0.5) is 0 Å². The molecule has 4 aromatic carbocycles. The van der Waals surface area contributed by atoms with E-state index in [-0.39, 0.29) is 6.04 Å². The van der Waals surface area contributed by atoms with Gasteiger partial charge in [0.1, 0.15) is 0 Å². The van der Waals surface area contributed by atoms with Crippen molar-refractivity contribution in [1.29, 1.82) is 0 Å². The molecule has 2 nitrogen and oxygen atoms in total. The number of pyridine rings is 1. The fourth-order valence-corrected chi connectivity index (χ4v) is 4.45. The average molecular weight is 415 g/mol. The molecule has 1 atom stereocenters. The van der Waals surface area contributed by atoms with Crippen LogP contribution >= 0.6 is 0 Å². The Morgan fingerprint density at radius 1 is 0.656 bits per heavy atom. The van der Waals surface area contributed by atoms with Crippen molar-refractivity contribution in [1.82, 2.24) is 9.88 Å². The lowest BCUT2D eigenvalue weighted by atomic mass is 9.98. The van der Waals surface area contributed by atoms with Gasteiger partial charge >= 0.3 is 0 Å². The van der Waals surface area contributed by atoms with Gasteiger partial charge in [0.25, 0.3) is 0 Å². The summed E-state index contributed by atoms with van der Waals surface area (Å²) in [4.78, 5) is 7.57. The van der Waals surface area contributed by atoms with E-state index < -0.39 is 0 Å². The van der Waals surface area contributed by atoms with Gasteiger partial charge in [0, 0.05) is 12.1 Å². The Bertz CT molecular complexity index is 1310. The third-order valence-corrected chi connectivity index (χ3v) is 5.95. The van der Waals surface area contributed by atoms with Gasteiger partial charge in [0.15, 0.2) is 0 Å². The molecule has 0 aliphatic carbocycles. The summed E-state index contributed by atoms with van der Waals surface area (Å²) in [7, 11) is 2.18. The highest BCUT2D eigenvalue weighted by Crippen LogP contribution is 2.31. The SMILES string of the molecule is CN(Cc1ccccc1)C(c1ccccc1)c1cccc(-c2cccc3ccccc23)n1. The van der Waals surface area contributed by atoms with Gasteiger partial charge in [-0.2, -0.15) is 0 Å². The van der Waals surface area contributed by atoms with Crippen LogP contribution in [0.5, 0.6) is 0 Å². The highest BCUT2D eigenvalue weighted by molar-refractivity contribution is 5.95. The van der Waals surface area contributed by atoms with Gasteiger partial charge < -0.3 is 0 Å².